The third-order valence-electron chi connectivity index (χ3n) is 2.58. The highest BCUT2D eigenvalue weighted by atomic mass is 32.1. The van der Waals surface area contributed by atoms with Gasteiger partial charge in [0.25, 0.3) is 0 Å². The molecule has 0 aliphatic heterocycles. The van der Waals surface area contributed by atoms with Crippen molar-refractivity contribution < 1.29 is 0 Å². The van der Waals surface area contributed by atoms with E-state index in [9.17, 15) is 0 Å². The highest BCUT2D eigenvalue weighted by Gasteiger charge is 2.11. The molecule has 0 radical (unpaired) electrons. The molecule has 1 atom stereocenters. The standard InChI is InChI=1S/C13H17N3S/c1-2-14-12(10-13-16-7-8-17-13)9-11-5-3-4-6-15-11/h3-8,12,14H,2,9-10H2,1H3. The van der Waals surface area contributed by atoms with E-state index < -0.39 is 0 Å². The lowest BCUT2D eigenvalue weighted by atomic mass is 10.1. The minimum absolute atomic E-state index is 0.418. The second-order valence-electron chi connectivity index (χ2n) is 3.91. The molecule has 0 aliphatic carbocycles. The summed E-state index contributed by atoms with van der Waals surface area (Å²) in [6.45, 7) is 3.11. The van der Waals surface area contributed by atoms with Gasteiger partial charge in [-0.15, -0.1) is 11.3 Å². The number of rotatable bonds is 6. The van der Waals surface area contributed by atoms with Crippen LogP contribution in [-0.2, 0) is 12.8 Å². The Labute approximate surface area is 106 Å². The second-order valence-corrected chi connectivity index (χ2v) is 4.89. The summed E-state index contributed by atoms with van der Waals surface area (Å²) in [5, 5.41) is 6.71. The molecule has 3 nitrogen and oxygen atoms in total. The fourth-order valence-electron chi connectivity index (χ4n) is 1.84. The summed E-state index contributed by atoms with van der Waals surface area (Å²) in [5.41, 5.74) is 1.13. The van der Waals surface area contributed by atoms with Crippen LogP contribution in [0.5, 0.6) is 0 Å². The van der Waals surface area contributed by atoms with Crippen LogP contribution in [0, 0.1) is 0 Å². The van der Waals surface area contributed by atoms with Crippen molar-refractivity contribution in [3.8, 4) is 0 Å². The van der Waals surface area contributed by atoms with E-state index >= 15 is 0 Å². The Kier molecular flexibility index (Phi) is 4.64. The number of nitrogens with one attached hydrogen (secondary N) is 1. The normalized spacial score (nSPS) is 12.5. The van der Waals surface area contributed by atoms with E-state index in [-0.39, 0.29) is 0 Å². The van der Waals surface area contributed by atoms with Gasteiger partial charge < -0.3 is 5.32 Å². The van der Waals surface area contributed by atoms with Gasteiger partial charge in [-0.05, 0) is 18.7 Å². The molecule has 0 aliphatic rings. The zero-order valence-electron chi connectivity index (χ0n) is 9.97. The molecule has 2 heterocycles. The summed E-state index contributed by atoms with van der Waals surface area (Å²) in [6.07, 6.45) is 5.64. The summed E-state index contributed by atoms with van der Waals surface area (Å²) < 4.78 is 0. The average Bonchev–Trinajstić information content (AvgIpc) is 2.83. The SMILES string of the molecule is CCNC(Cc1ccccn1)Cc1nccs1. The van der Waals surface area contributed by atoms with E-state index in [1.165, 1.54) is 5.01 Å². The van der Waals surface area contributed by atoms with Gasteiger partial charge in [0.15, 0.2) is 0 Å². The number of hydrogen-bond donors (Lipinski definition) is 1. The first-order chi connectivity index (χ1) is 8.38. The Morgan fingerprint density at radius 1 is 1.24 bits per heavy atom. The van der Waals surface area contributed by atoms with Crippen molar-refractivity contribution in [1.82, 2.24) is 15.3 Å². The van der Waals surface area contributed by atoms with E-state index in [1.54, 1.807) is 11.3 Å². The molecule has 0 saturated carbocycles. The van der Waals surface area contributed by atoms with Crippen LogP contribution in [0.1, 0.15) is 17.6 Å². The molecule has 4 heteroatoms. The van der Waals surface area contributed by atoms with E-state index in [0.29, 0.717) is 6.04 Å². The van der Waals surface area contributed by atoms with E-state index in [1.807, 2.05) is 29.9 Å². The quantitative estimate of drug-likeness (QED) is 0.851. The predicted molar refractivity (Wildman–Crippen MR) is 71.2 cm³/mol. The van der Waals surface area contributed by atoms with E-state index in [2.05, 4.69) is 28.3 Å². The van der Waals surface area contributed by atoms with E-state index in [4.69, 9.17) is 0 Å². The first-order valence-electron chi connectivity index (χ1n) is 5.90. The lowest BCUT2D eigenvalue weighted by molar-refractivity contribution is 0.515. The smallest absolute Gasteiger partial charge is 0.0940 e. The summed E-state index contributed by atoms with van der Waals surface area (Å²) >= 11 is 1.72. The monoisotopic (exact) mass is 247 g/mol. The van der Waals surface area contributed by atoms with Crippen LogP contribution in [-0.4, -0.2) is 22.6 Å². The fraction of sp³-hybridized carbons (Fsp3) is 0.385. The van der Waals surface area contributed by atoms with Gasteiger partial charge >= 0.3 is 0 Å². The molecule has 17 heavy (non-hydrogen) atoms. The van der Waals surface area contributed by atoms with Crippen LogP contribution in [0.4, 0.5) is 0 Å². The summed E-state index contributed by atoms with van der Waals surface area (Å²) in [5.74, 6) is 0. The van der Waals surface area contributed by atoms with Crippen molar-refractivity contribution in [2.24, 2.45) is 0 Å². The van der Waals surface area contributed by atoms with Crippen molar-refractivity contribution >= 4 is 11.3 Å². The molecule has 2 aromatic heterocycles. The van der Waals surface area contributed by atoms with Gasteiger partial charge in [0.2, 0.25) is 0 Å². The molecule has 1 unspecified atom stereocenters. The maximum Gasteiger partial charge on any atom is 0.0940 e. The molecule has 90 valence electrons. The predicted octanol–water partition coefficient (Wildman–Crippen LogP) is 2.30. The fourth-order valence-corrected chi connectivity index (χ4v) is 2.54. The first kappa shape index (κ1) is 12.2. The Morgan fingerprint density at radius 3 is 2.82 bits per heavy atom. The van der Waals surface area contributed by atoms with Crippen LogP contribution in [0.25, 0.3) is 0 Å². The van der Waals surface area contributed by atoms with Gasteiger partial charge in [-0.25, -0.2) is 4.98 Å². The molecule has 0 bridgehead atoms. The topological polar surface area (TPSA) is 37.8 Å². The maximum atomic E-state index is 4.37. The molecular weight excluding hydrogens is 230 g/mol. The largest absolute Gasteiger partial charge is 0.313 e. The summed E-state index contributed by atoms with van der Waals surface area (Å²) in [7, 11) is 0. The molecule has 0 saturated heterocycles. The van der Waals surface area contributed by atoms with Crippen molar-refractivity contribution in [2.75, 3.05) is 6.54 Å². The molecule has 2 aromatic rings. The molecular formula is C13H17N3S. The number of likely N-dealkylation sites (N-methyl/N-ethyl adjacent to an activating group) is 1. The van der Waals surface area contributed by atoms with Gasteiger partial charge in [-0.2, -0.15) is 0 Å². The molecule has 0 aromatic carbocycles. The number of nitrogens with zero attached hydrogens (tertiary/aromatic N) is 2. The van der Waals surface area contributed by atoms with Crippen LogP contribution in [0.15, 0.2) is 36.0 Å². The molecule has 0 fully saturated rings. The average molecular weight is 247 g/mol. The Hall–Kier alpha value is -1.26. The highest BCUT2D eigenvalue weighted by molar-refractivity contribution is 7.09. The van der Waals surface area contributed by atoms with Gasteiger partial charge in [-0.1, -0.05) is 13.0 Å². The molecule has 0 spiro atoms. The zero-order valence-corrected chi connectivity index (χ0v) is 10.8. The third kappa shape index (κ3) is 3.91. The number of pyridine rings is 1. The van der Waals surface area contributed by atoms with Crippen molar-refractivity contribution in [2.45, 2.75) is 25.8 Å². The van der Waals surface area contributed by atoms with Crippen molar-refractivity contribution in [3.05, 3.63) is 46.7 Å². The van der Waals surface area contributed by atoms with Gasteiger partial charge in [0.05, 0.1) is 5.01 Å². The van der Waals surface area contributed by atoms with Gasteiger partial charge in [-0.3, -0.25) is 4.98 Å². The van der Waals surface area contributed by atoms with Crippen LogP contribution in [0.3, 0.4) is 0 Å². The minimum Gasteiger partial charge on any atom is -0.313 e. The van der Waals surface area contributed by atoms with Gasteiger partial charge in [0.1, 0.15) is 0 Å². The lowest BCUT2D eigenvalue weighted by Crippen LogP contribution is -2.33. The lowest BCUT2D eigenvalue weighted by Gasteiger charge is -2.16. The molecule has 1 N–H and O–H groups in total. The van der Waals surface area contributed by atoms with Crippen molar-refractivity contribution in [3.63, 3.8) is 0 Å². The highest BCUT2D eigenvalue weighted by Crippen LogP contribution is 2.10. The first-order valence-corrected chi connectivity index (χ1v) is 6.78. The Morgan fingerprint density at radius 2 is 2.18 bits per heavy atom. The van der Waals surface area contributed by atoms with Gasteiger partial charge in [0, 0.05) is 42.4 Å². The van der Waals surface area contributed by atoms with Crippen LogP contribution >= 0.6 is 11.3 Å². The number of hydrogen-bond acceptors (Lipinski definition) is 4. The maximum absolute atomic E-state index is 4.37. The number of aromatic nitrogens is 2. The second kappa shape index (κ2) is 6.47. The Bertz CT molecular complexity index is 413. The summed E-state index contributed by atoms with van der Waals surface area (Å²) in [4.78, 5) is 8.71. The third-order valence-corrected chi connectivity index (χ3v) is 3.38. The molecule has 0 amide bonds. The van der Waals surface area contributed by atoms with E-state index in [0.717, 1.165) is 25.1 Å². The zero-order chi connectivity index (χ0) is 11.9. The van der Waals surface area contributed by atoms with Crippen LogP contribution < -0.4 is 5.32 Å². The Balaban J connectivity index is 1.97. The minimum atomic E-state index is 0.418. The van der Waals surface area contributed by atoms with Crippen LogP contribution in [0.2, 0.25) is 0 Å². The molecule has 2 rings (SSSR count). The van der Waals surface area contributed by atoms with Crippen molar-refractivity contribution in [1.29, 1.82) is 0 Å². The summed E-state index contributed by atoms with van der Waals surface area (Å²) in [6, 6.07) is 6.48. The number of thiazole rings is 1.